The molecule has 0 saturated carbocycles. The van der Waals surface area contributed by atoms with E-state index in [0.717, 1.165) is 12.1 Å². The SMILES string of the molecule is O.O=S(=O)([O-])c1cc2ccccc2c(S(=O)(=O)[O-])c1S(=O)(=O)[O-].[Na+].[Na+].[Na+]. The van der Waals surface area contributed by atoms with E-state index in [1.807, 2.05) is 0 Å². The third-order valence-electron chi connectivity index (χ3n) is 2.69. The van der Waals surface area contributed by atoms with Gasteiger partial charge in [0.25, 0.3) is 0 Å². The first-order valence-corrected chi connectivity index (χ1v) is 9.49. The number of rotatable bonds is 3. The van der Waals surface area contributed by atoms with Crippen LogP contribution >= 0.6 is 0 Å². The Hall–Kier alpha value is 1.39. The fourth-order valence-electron chi connectivity index (χ4n) is 1.94. The fraction of sp³-hybridized carbons (Fsp3) is 0. The van der Waals surface area contributed by atoms with E-state index >= 15 is 0 Å². The Kier molecular flexibility index (Phi) is 13.5. The summed E-state index contributed by atoms with van der Waals surface area (Å²) in [5.41, 5.74) is 0. The fourth-order valence-corrected chi connectivity index (χ4v) is 5.27. The molecule has 0 unspecified atom stereocenters. The van der Waals surface area contributed by atoms with Crippen molar-refractivity contribution in [1.82, 2.24) is 0 Å². The Balaban J connectivity index is -0.00000132. The van der Waals surface area contributed by atoms with Crippen LogP contribution in [0.2, 0.25) is 0 Å². The van der Waals surface area contributed by atoms with Gasteiger partial charge in [0.1, 0.15) is 30.4 Å². The second-order valence-electron chi connectivity index (χ2n) is 4.12. The number of benzene rings is 2. The van der Waals surface area contributed by atoms with Gasteiger partial charge in [-0.15, -0.1) is 0 Å². The molecule has 0 saturated heterocycles. The molecule has 0 aliphatic rings. The summed E-state index contributed by atoms with van der Waals surface area (Å²) in [5, 5.41) is -0.668. The molecule has 0 fully saturated rings. The van der Waals surface area contributed by atoms with Gasteiger partial charge in [0, 0.05) is 5.39 Å². The summed E-state index contributed by atoms with van der Waals surface area (Å²) in [6, 6.07) is 5.27. The molecular weight excluding hydrogens is 445 g/mol. The molecule has 0 spiro atoms. The van der Waals surface area contributed by atoms with E-state index in [-0.39, 0.29) is 99.5 Å². The molecule has 2 aromatic carbocycles. The Bertz CT molecular complexity index is 1090. The Labute approximate surface area is 216 Å². The van der Waals surface area contributed by atoms with Crippen LogP contribution in [0.15, 0.2) is 45.0 Å². The van der Waals surface area contributed by atoms with E-state index in [1.165, 1.54) is 12.1 Å². The van der Waals surface area contributed by atoms with E-state index in [1.54, 1.807) is 0 Å². The molecule has 0 aliphatic heterocycles. The van der Waals surface area contributed by atoms with E-state index in [4.69, 9.17) is 0 Å². The molecule has 2 N–H and O–H groups in total. The van der Waals surface area contributed by atoms with Crippen LogP contribution in [0.4, 0.5) is 0 Å². The molecular formula is C10H7Na3O10S3. The molecule has 26 heavy (non-hydrogen) atoms. The minimum atomic E-state index is -5.73. The van der Waals surface area contributed by atoms with Gasteiger partial charge in [-0.3, -0.25) is 0 Å². The zero-order valence-corrected chi connectivity index (χ0v) is 22.2. The first kappa shape index (κ1) is 32.1. The largest absolute Gasteiger partial charge is 1.00 e. The second-order valence-corrected chi connectivity index (χ2v) is 8.10. The third-order valence-corrected chi connectivity index (χ3v) is 5.66. The quantitative estimate of drug-likeness (QED) is 0.320. The van der Waals surface area contributed by atoms with Crippen molar-refractivity contribution in [3.63, 3.8) is 0 Å². The van der Waals surface area contributed by atoms with Gasteiger partial charge < -0.3 is 19.1 Å². The van der Waals surface area contributed by atoms with Crippen molar-refractivity contribution in [2.45, 2.75) is 14.7 Å². The summed E-state index contributed by atoms with van der Waals surface area (Å²) in [6.07, 6.45) is 0. The van der Waals surface area contributed by atoms with Crippen LogP contribution in [0.25, 0.3) is 10.8 Å². The molecule has 10 nitrogen and oxygen atoms in total. The standard InChI is InChI=1S/C10H8O9S3.3Na.H2O/c11-20(12,13)8-5-6-3-1-2-4-7(6)9(21(14,15)16)10(8)22(17,18)19;;;;/h1-5H,(H,11,12,13)(H,14,15,16)(H,17,18,19);;;;1H2/q;3*+1;/p-3. The van der Waals surface area contributed by atoms with Crippen LogP contribution < -0.4 is 88.7 Å². The first-order chi connectivity index (χ1) is 9.83. The summed E-state index contributed by atoms with van der Waals surface area (Å²) in [4.78, 5) is -4.97. The Morgan fingerprint density at radius 1 is 0.654 bits per heavy atom. The zero-order chi connectivity index (χ0) is 16.9. The Morgan fingerprint density at radius 3 is 1.46 bits per heavy atom. The van der Waals surface area contributed by atoms with Gasteiger partial charge in [0.15, 0.2) is 0 Å². The van der Waals surface area contributed by atoms with Crippen LogP contribution in [0, 0.1) is 0 Å². The maximum atomic E-state index is 11.3. The third kappa shape index (κ3) is 7.02. The van der Waals surface area contributed by atoms with Gasteiger partial charge in [-0.05, 0) is 11.5 Å². The van der Waals surface area contributed by atoms with Crippen LogP contribution in [-0.2, 0) is 30.4 Å². The van der Waals surface area contributed by atoms with Crippen molar-refractivity contribution in [1.29, 1.82) is 0 Å². The average molecular weight is 452 g/mol. The van der Waals surface area contributed by atoms with Crippen LogP contribution in [0.3, 0.4) is 0 Å². The van der Waals surface area contributed by atoms with Crippen molar-refractivity contribution >= 4 is 41.1 Å². The number of hydrogen-bond donors (Lipinski definition) is 0. The van der Waals surface area contributed by atoms with Crippen LogP contribution in [-0.4, -0.2) is 44.4 Å². The van der Waals surface area contributed by atoms with Crippen molar-refractivity contribution in [2.75, 3.05) is 0 Å². The van der Waals surface area contributed by atoms with E-state index in [2.05, 4.69) is 0 Å². The van der Waals surface area contributed by atoms with Crippen molar-refractivity contribution in [3.8, 4) is 0 Å². The van der Waals surface area contributed by atoms with Crippen molar-refractivity contribution in [3.05, 3.63) is 30.3 Å². The average Bonchev–Trinajstić information content (AvgIpc) is 2.33. The van der Waals surface area contributed by atoms with E-state index < -0.39 is 50.4 Å². The molecule has 2 rings (SSSR count). The van der Waals surface area contributed by atoms with Gasteiger partial charge in [0.2, 0.25) is 0 Å². The van der Waals surface area contributed by atoms with Crippen molar-refractivity contribution in [2.24, 2.45) is 0 Å². The minimum absolute atomic E-state index is 0. The summed E-state index contributed by atoms with van der Waals surface area (Å²) in [7, 11) is -16.8. The molecule has 128 valence electrons. The zero-order valence-electron chi connectivity index (χ0n) is 13.8. The second kappa shape index (κ2) is 11.0. The number of fused-ring (bicyclic) bond motifs is 1. The number of hydrogen-bond acceptors (Lipinski definition) is 9. The van der Waals surface area contributed by atoms with Gasteiger partial charge in [-0.1, -0.05) is 24.3 Å². The maximum Gasteiger partial charge on any atom is 1.00 e. The van der Waals surface area contributed by atoms with Gasteiger partial charge >= 0.3 is 88.7 Å². The molecule has 0 atom stereocenters. The summed E-state index contributed by atoms with van der Waals surface area (Å²) in [6.45, 7) is 0. The van der Waals surface area contributed by atoms with Gasteiger partial charge in [-0.2, -0.15) is 0 Å². The van der Waals surface area contributed by atoms with E-state index in [9.17, 15) is 38.9 Å². The first-order valence-electron chi connectivity index (χ1n) is 5.27. The molecule has 0 bridgehead atoms. The molecule has 0 radical (unpaired) electrons. The molecule has 16 heteroatoms. The molecule has 0 aliphatic carbocycles. The topological polar surface area (TPSA) is 203 Å². The van der Waals surface area contributed by atoms with Crippen molar-refractivity contribution < 1.29 is 133 Å². The Morgan fingerprint density at radius 2 is 1.08 bits per heavy atom. The van der Waals surface area contributed by atoms with Crippen LogP contribution in [0.5, 0.6) is 0 Å². The van der Waals surface area contributed by atoms with Gasteiger partial charge in [0.05, 0.1) is 14.7 Å². The summed E-state index contributed by atoms with van der Waals surface area (Å²) < 4.78 is 101. The summed E-state index contributed by atoms with van der Waals surface area (Å²) in [5.74, 6) is 0. The maximum absolute atomic E-state index is 11.3. The predicted octanol–water partition coefficient (Wildman–Crippen LogP) is -10.3. The molecule has 0 heterocycles. The molecule has 2 aromatic rings. The minimum Gasteiger partial charge on any atom is -0.744 e. The smallest absolute Gasteiger partial charge is 0.744 e. The normalized spacial score (nSPS) is 11.3. The molecule has 0 aromatic heterocycles. The van der Waals surface area contributed by atoms with Gasteiger partial charge in [-0.25, -0.2) is 25.3 Å². The van der Waals surface area contributed by atoms with Crippen LogP contribution in [0.1, 0.15) is 0 Å². The molecule has 0 amide bonds. The monoisotopic (exact) mass is 452 g/mol. The van der Waals surface area contributed by atoms with E-state index in [0.29, 0.717) is 6.07 Å². The summed E-state index contributed by atoms with van der Waals surface area (Å²) >= 11 is 0. The predicted molar refractivity (Wildman–Crippen MR) is 71.5 cm³/mol.